The van der Waals surface area contributed by atoms with Gasteiger partial charge in [-0.15, -0.1) is 0 Å². The number of hydrogen-bond donors (Lipinski definition) is 1. The van der Waals surface area contributed by atoms with Crippen molar-refractivity contribution in [1.82, 2.24) is 4.90 Å². The average molecular weight is 350 g/mol. The van der Waals surface area contributed by atoms with Crippen LogP contribution in [0.15, 0.2) is 54.6 Å². The van der Waals surface area contributed by atoms with E-state index in [1.807, 2.05) is 68.7 Å². The van der Waals surface area contributed by atoms with Crippen LogP contribution < -0.4 is 0 Å². The Labute approximate surface area is 148 Å². The SMILES string of the molecule is CN(C)CCC(O)C=C(c1ccc(Cl)cc1)c1ccc(Cl)cc1. The first-order valence-corrected chi connectivity index (χ1v) is 8.28. The summed E-state index contributed by atoms with van der Waals surface area (Å²) in [6.07, 6.45) is 2.06. The van der Waals surface area contributed by atoms with Crippen molar-refractivity contribution in [2.24, 2.45) is 0 Å². The zero-order valence-corrected chi connectivity index (χ0v) is 14.8. The first-order chi connectivity index (χ1) is 11.0. The molecule has 1 unspecified atom stereocenters. The Hall–Kier alpha value is -1.32. The van der Waals surface area contributed by atoms with E-state index in [9.17, 15) is 5.11 Å². The Morgan fingerprint density at radius 2 is 1.39 bits per heavy atom. The summed E-state index contributed by atoms with van der Waals surface area (Å²) in [6.45, 7) is 0.826. The van der Waals surface area contributed by atoms with E-state index in [-0.39, 0.29) is 0 Å². The molecule has 4 heteroatoms. The van der Waals surface area contributed by atoms with E-state index in [0.29, 0.717) is 16.5 Å². The van der Waals surface area contributed by atoms with E-state index in [2.05, 4.69) is 4.90 Å². The highest BCUT2D eigenvalue weighted by Crippen LogP contribution is 2.27. The van der Waals surface area contributed by atoms with E-state index in [4.69, 9.17) is 23.2 Å². The van der Waals surface area contributed by atoms with Crippen LogP contribution in [-0.2, 0) is 0 Å². The molecule has 0 aliphatic heterocycles. The van der Waals surface area contributed by atoms with Gasteiger partial charge in [-0.25, -0.2) is 0 Å². The summed E-state index contributed by atoms with van der Waals surface area (Å²) in [6, 6.07) is 15.3. The van der Waals surface area contributed by atoms with Gasteiger partial charge in [0.15, 0.2) is 0 Å². The summed E-state index contributed by atoms with van der Waals surface area (Å²) < 4.78 is 0. The van der Waals surface area contributed by atoms with Gasteiger partial charge in [0.05, 0.1) is 6.10 Å². The molecule has 2 nitrogen and oxygen atoms in total. The predicted octanol–water partition coefficient (Wildman–Crippen LogP) is 4.74. The molecule has 0 amide bonds. The number of hydrogen-bond acceptors (Lipinski definition) is 2. The van der Waals surface area contributed by atoms with E-state index >= 15 is 0 Å². The zero-order valence-electron chi connectivity index (χ0n) is 13.3. The highest BCUT2D eigenvalue weighted by atomic mass is 35.5. The fraction of sp³-hybridized carbons (Fsp3) is 0.263. The Kier molecular flexibility index (Phi) is 6.67. The van der Waals surface area contributed by atoms with E-state index in [1.54, 1.807) is 0 Å². The first kappa shape index (κ1) is 18.0. The Balaban J connectivity index is 2.34. The van der Waals surface area contributed by atoms with Crippen molar-refractivity contribution in [1.29, 1.82) is 0 Å². The summed E-state index contributed by atoms with van der Waals surface area (Å²) in [7, 11) is 3.99. The van der Waals surface area contributed by atoms with Crippen molar-refractivity contribution in [2.45, 2.75) is 12.5 Å². The van der Waals surface area contributed by atoms with E-state index in [1.165, 1.54) is 0 Å². The lowest BCUT2D eigenvalue weighted by atomic mass is 9.96. The average Bonchev–Trinajstić information content (AvgIpc) is 2.52. The predicted molar refractivity (Wildman–Crippen MR) is 99.2 cm³/mol. The van der Waals surface area contributed by atoms with Gasteiger partial charge in [0.2, 0.25) is 0 Å². The fourth-order valence-electron chi connectivity index (χ4n) is 2.28. The molecular weight excluding hydrogens is 329 g/mol. The highest BCUT2D eigenvalue weighted by molar-refractivity contribution is 6.31. The number of rotatable bonds is 6. The van der Waals surface area contributed by atoms with Gasteiger partial charge in [-0.05, 0) is 67.6 Å². The Bertz CT molecular complexity index is 601. The maximum absolute atomic E-state index is 10.3. The molecule has 0 radical (unpaired) electrons. The number of halogens is 2. The molecular formula is C19H21Cl2NO. The zero-order chi connectivity index (χ0) is 16.8. The number of benzene rings is 2. The molecule has 2 aromatic carbocycles. The van der Waals surface area contributed by atoms with Gasteiger partial charge >= 0.3 is 0 Å². The lowest BCUT2D eigenvalue weighted by Crippen LogP contribution is -2.18. The molecule has 0 aliphatic rings. The molecule has 0 spiro atoms. The van der Waals surface area contributed by atoms with Crippen molar-refractivity contribution in [3.63, 3.8) is 0 Å². The maximum Gasteiger partial charge on any atom is 0.0742 e. The van der Waals surface area contributed by atoms with Crippen LogP contribution in [0.5, 0.6) is 0 Å². The van der Waals surface area contributed by atoms with Crippen molar-refractivity contribution in [3.8, 4) is 0 Å². The van der Waals surface area contributed by atoms with Crippen LogP contribution in [-0.4, -0.2) is 36.8 Å². The molecule has 1 atom stereocenters. The lowest BCUT2D eigenvalue weighted by Gasteiger charge is -2.15. The van der Waals surface area contributed by atoms with Crippen molar-refractivity contribution in [3.05, 3.63) is 75.8 Å². The standard InChI is InChI=1S/C19H21Cl2NO/c1-22(2)12-11-18(23)13-19(14-3-7-16(20)8-4-14)15-5-9-17(21)10-6-15/h3-10,13,18,23H,11-12H2,1-2H3. The third kappa shape index (κ3) is 5.67. The molecule has 2 rings (SSSR count). The third-order valence-electron chi connectivity index (χ3n) is 3.54. The lowest BCUT2D eigenvalue weighted by molar-refractivity contribution is 0.196. The highest BCUT2D eigenvalue weighted by Gasteiger charge is 2.09. The molecule has 122 valence electrons. The minimum Gasteiger partial charge on any atom is -0.389 e. The van der Waals surface area contributed by atoms with Gasteiger partial charge in [0.25, 0.3) is 0 Å². The monoisotopic (exact) mass is 349 g/mol. The third-order valence-corrected chi connectivity index (χ3v) is 4.05. The molecule has 0 aliphatic carbocycles. The van der Waals surface area contributed by atoms with Gasteiger partial charge in [0.1, 0.15) is 0 Å². The molecule has 0 bridgehead atoms. The van der Waals surface area contributed by atoms with Gasteiger partial charge in [-0.2, -0.15) is 0 Å². The second kappa shape index (κ2) is 8.51. The van der Waals surface area contributed by atoms with Gasteiger partial charge in [-0.3, -0.25) is 0 Å². The van der Waals surface area contributed by atoms with Crippen molar-refractivity contribution < 1.29 is 5.11 Å². The van der Waals surface area contributed by atoms with E-state index in [0.717, 1.165) is 23.2 Å². The normalized spacial score (nSPS) is 12.3. The van der Waals surface area contributed by atoms with Crippen LogP contribution in [0.2, 0.25) is 10.0 Å². The summed E-state index contributed by atoms with van der Waals surface area (Å²) >= 11 is 12.0. The Morgan fingerprint density at radius 3 is 1.78 bits per heavy atom. The van der Waals surface area contributed by atoms with Crippen LogP contribution in [0.3, 0.4) is 0 Å². The smallest absolute Gasteiger partial charge is 0.0742 e. The van der Waals surface area contributed by atoms with Crippen LogP contribution in [0.25, 0.3) is 5.57 Å². The molecule has 0 saturated carbocycles. The second-order valence-electron chi connectivity index (χ2n) is 5.75. The van der Waals surface area contributed by atoms with Crippen LogP contribution >= 0.6 is 23.2 Å². The summed E-state index contributed by atoms with van der Waals surface area (Å²) in [5.41, 5.74) is 3.01. The number of aliphatic hydroxyl groups is 1. The minimum absolute atomic E-state index is 0.515. The van der Waals surface area contributed by atoms with E-state index < -0.39 is 6.10 Å². The second-order valence-corrected chi connectivity index (χ2v) is 6.63. The quantitative estimate of drug-likeness (QED) is 0.814. The molecule has 0 fully saturated rings. The molecule has 1 N–H and O–H groups in total. The topological polar surface area (TPSA) is 23.5 Å². The van der Waals surface area contributed by atoms with Gasteiger partial charge in [0, 0.05) is 16.6 Å². The molecule has 23 heavy (non-hydrogen) atoms. The van der Waals surface area contributed by atoms with Crippen LogP contribution in [0.4, 0.5) is 0 Å². The summed E-state index contributed by atoms with van der Waals surface area (Å²) in [4.78, 5) is 2.06. The van der Waals surface area contributed by atoms with Crippen LogP contribution in [0.1, 0.15) is 17.5 Å². The first-order valence-electron chi connectivity index (χ1n) is 7.52. The molecule has 0 heterocycles. The fourth-order valence-corrected chi connectivity index (χ4v) is 2.54. The van der Waals surface area contributed by atoms with Gasteiger partial charge < -0.3 is 10.0 Å². The largest absolute Gasteiger partial charge is 0.389 e. The summed E-state index contributed by atoms with van der Waals surface area (Å²) in [5, 5.41) is 11.7. The molecule has 2 aromatic rings. The van der Waals surface area contributed by atoms with Gasteiger partial charge in [-0.1, -0.05) is 47.5 Å². The Morgan fingerprint density at radius 1 is 0.957 bits per heavy atom. The van der Waals surface area contributed by atoms with Crippen molar-refractivity contribution >= 4 is 28.8 Å². The molecule has 0 aromatic heterocycles. The number of aliphatic hydroxyl groups excluding tert-OH is 1. The van der Waals surface area contributed by atoms with Crippen LogP contribution in [0, 0.1) is 0 Å². The minimum atomic E-state index is -0.515. The maximum atomic E-state index is 10.3. The molecule has 0 saturated heterocycles. The van der Waals surface area contributed by atoms with Crippen molar-refractivity contribution in [2.75, 3.05) is 20.6 Å². The number of nitrogens with zero attached hydrogens (tertiary/aromatic N) is 1. The summed E-state index contributed by atoms with van der Waals surface area (Å²) in [5.74, 6) is 0.